The zero-order valence-corrected chi connectivity index (χ0v) is 47.4. The zero-order chi connectivity index (χ0) is 57.1. The summed E-state index contributed by atoms with van der Waals surface area (Å²) < 4.78 is 109. The van der Waals surface area contributed by atoms with E-state index in [2.05, 4.69) is 54.9 Å². The van der Waals surface area contributed by atoms with Crippen LogP contribution in [0.3, 0.4) is 0 Å². The molecular formula is C57H75FN3O13S3+. The van der Waals surface area contributed by atoms with E-state index in [0.717, 1.165) is 24.2 Å². The lowest BCUT2D eigenvalue weighted by molar-refractivity contribution is -0.437. The highest BCUT2D eigenvalue weighted by Crippen LogP contribution is 2.51. The summed E-state index contributed by atoms with van der Waals surface area (Å²) >= 11 is 0. The van der Waals surface area contributed by atoms with E-state index in [0.29, 0.717) is 56.2 Å². The van der Waals surface area contributed by atoms with Crippen molar-refractivity contribution in [3.63, 3.8) is 0 Å². The van der Waals surface area contributed by atoms with Gasteiger partial charge in [-0.05, 0) is 101 Å². The number of alkyl halides is 1. The number of nitrogens with zero attached hydrogens (tertiary/aromatic N) is 2. The third kappa shape index (κ3) is 18.7. The monoisotopic (exact) mass is 1120 g/mol. The number of carbonyl (C=O) groups excluding carboxylic acids is 4. The molecule has 0 saturated carbocycles. The molecule has 2 heterocycles. The number of rotatable bonds is 30. The fraction of sp³-hybridized carbons (Fsp3) is 0.491. The Balaban J connectivity index is 0.00000309. The molecule has 420 valence electrons. The van der Waals surface area contributed by atoms with Gasteiger partial charge < -0.3 is 10.2 Å². The lowest BCUT2D eigenvalue weighted by Crippen LogP contribution is -2.45. The van der Waals surface area contributed by atoms with Gasteiger partial charge in [0.25, 0.3) is 20.2 Å². The van der Waals surface area contributed by atoms with E-state index < -0.39 is 66.4 Å². The van der Waals surface area contributed by atoms with E-state index in [-0.39, 0.29) is 72.4 Å². The van der Waals surface area contributed by atoms with Gasteiger partial charge in [-0.25, -0.2) is 4.39 Å². The highest BCUT2D eigenvalue weighted by Gasteiger charge is 2.45. The van der Waals surface area contributed by atoms with Crippen molar-refractivity contribution in [2.24, 2.45) is 11.8 Å². The number of benzene rings is 3. The lowest BCUT2D eigenvalue weighted by atomic mass is 9.77. The summed E-state index contributed by atoms with van der Waals surface area (Å²) in [6, 6.07) is 21.1. The minimum absolute atomic E-state index is 0.0532. The number of anilines is 1. The maximum Gasteiger partial charge on any atom is 0.425 e. The third-order valence-corrected chi connectivity index (χ3v) is 15.9. The Kier molecular flexibility index (Phi) is 24.2. The third-order valence-electron chi connectivity index (χ3n) is 14.2. The highest BCUT2D eigenvalue weighted by molar-refractivity contribution is 7.86. The quantitative estimate of drug-likeness (QED) is 0.0244. The molecule has 2 aliphatic heterocycles. The Morgan fingerprint density at radius 1 is 0.792 bits per heavy atom. The fourth-order valence-corrected chi connectivity index (χ4v) is 11.3. The first-order chi connectivity index (χ1) is 36.2. The van der Waals surface area contributed by atoms with E-state index in [4.69, 9.17) is 12.6 Å². The van der Waals surface area contributed by atoms with Crippen molar-refractivity contribution in [3.05, 3.63) is 126 Å². The number of nitrogens with one attached hydrogen (secondary N) is 1. The molecule has 0 aromatic heterocycles. The number of unbranched alkanes of at least 4 members (excludes halogenated alkanes) is 3. The summed E-state index contributed by atoms with van der Waals surface area (Å²) in [7, 11) is -11.9. The smallest absolute Gasteiger partial charge is 0.346 e. The number of hydrogen-bond donors (Lipinski definition) is 3. The van der Waals surface area contributed by atoms with Gasteiger partial charge in [-0.3, -0.25) is 28.3 Å². The van der Waals surface area contributed by atoms with Gasteiger partial charge in [-0.2, -0.15) is 21.4 Å². The van der Waals surface area contributed by atoms with Gasteiger partial charge in [0, 0.05) is 79.1 Å². The summed E-state index contributed by atoms with van der Waals surface area (Å²) in [6.07, 6.45) is 15.0. The predicted octanol–water partition coefficient (Wildman–Crippen LogP) is 9.35. The number of halogens is 1. The van der Waals surface area contributed by atoms with Gasteiger partial charge in [0.15, 0.2) is 17.3 Å². The molecule has 5 rings (SSSR count). The predicted molar refractivity (Wildman–Crippen MR) is 295 cm³/mol. The van der Waals surface area contributed by atoms with Crippen LogP contribution in [-0.4, -0.2) is 104 Å². The summed E-state index contributed by atoms with van der Waals surface area (Å²) in [5, 5.41) is 2.81. The minimum Gasteiger partial charge on any atom is -0.346 e. The van der Waals surface area contributed by atoms with Crippen LogP contribution < -0.4 is 10.2 Å². The topological polar surface area (TPSA) is 247 Å². The van der Waals surface area contributed by atoms with Crippen LogP contribution in [0, 0.1) is 11.8 Å². The first kappa shape index (κ1) is 63.7. The van der Waals surface area contributed by atoms with Gasteiger partial charge in [0.2, 0.25) is 11.6 Å². The Morgan fingerprint density at radius 3 is 2.05 bits per heavy atom. The van der Waals surface area contributed by atoms with E-state index >= 15 is 0 Å². The van der Waals surface area contributed by atoms with Crippen molar-refractivity contribution in [2.45, 2.75) is 147 Å². The number of allylic oxidation sites excluding steroid dienone is 6. The molecule has 2 unspecified atom stereocenters. The minimum atomic E-state index is -4.57. The molecule has 3 atom stereocenters. The first-order valence-corrected chi connectivity index (χ1v) is 30.2. The largest absolute Gasteiger partial charge is 0.425 e. The standard InChI is InChI=1S/C57H74FN3O10S2.O3S/c1-7-34-60-48-27-18-17-26-46(48)56(4,5)52(60)28-14-9-15-29-53-57(6,47-39-45(73(69,70)71)31-32-49(47)61(53)35-21-36-72(66,67)68)33-20-10-13-24-44(62)25-16-19-30-54(65)59-55(41(2)3)50(63)38-43(51(64)40-58)37-42-22-11-8-12-23-42;1-4(2)3/h8-9,11-12,14-15,17-18,22-23,26-29,31-32,39,41,43,55H,7,10,13,16,19-21,24-25,30,33-38,40H2,1-6H3,(H2-,59,65,66,67,68,69,70,71);/p+1/t43?,55-,57?;/m1./s1. The molecule has 0 aliphatic carbocycles. The molecule has 0 bridgehead atoms. The van der Waals surface area contributed by atoms with Crippen LogP contribution in [0.25, 0.3) is 0 Å². The van der Waals surface area contributed by atoms with E-state index in [9.17, 15) is 49.5 Å². The van der Waals surface area contributed by atoms with Crippen molar-refractivity contribution in [1.82, 2.24) is 5.32 Å². The average Bonchev–Trinajstić information content (AvgIpc) is 3.72. The number of fused-ring (bicyclic) bond motifs is 2. The maximum absolute atomic E-state index is 13.5. The summed E-state index contributed by atoms with van der Waals surface area (Å²) in [5.74, 6) is -2.83. The molecule has 16 nitrogen and oxygen atoms in total. The Morgan fingerprint density at radius 2 is 1.43 bits per heavy atom. The second-order valence-corrected chi connectivity index (χ2v) is 24.1. The number of hydrogen-bond acceptors (Lipinski definition) is 12. The summed E-state index contributed by atoms with van der Waals surface area (Å²) in [4.78, 5) is 53.5. The SMILES string of the molecule is CCC[N+]1=C(C=CC=CC=C2N(CCCS(=O)(=O)O)c3ccc(S(=O)(=O)O)cc3C2(C)CCCCCC(=O)CCCCC(=O)N[C@@H](C(=O)CC(Cc2ccccc2)C(=O)CF)C(C)C)C(C)(C)c2ccccc21.O=S(=O)=O. The van der Waals surface area contributed by atoms with Gasteiger partial charge in [0.1, 0.15) is 19.0 Å². The molecule has 3 aromatic carbocycles. The Hall–Kier alpha value is -5.80. The van der Waals surface area contributed by atoms with Crippen molar-refractivity contribution >= 4 is 71.2 Å². The lowest BCUT2D eigenvalue weighted by Gasteiger charge is -2.30. The van der Waals surface area contributed by atoms with Crippen molar-refractivity contribution in [3.8, 4) is 0 Å². The van der Waals surface area contributed by atoms with Crippen molar-refractivity contribution < 1.29 is 66.7 Å². The fourth-order valence-electron chi connectivity index (χ4n) is 10.3. The van der Waals surface area contributed by atoms with Crippen LogP contribution >= 0.6 is 0 Å². The van der Waals surface area contributed by atoms with Crippen LogP contribution in [0.4, 0.5) is 15.8 Å². The number of Topliss-reactive ketones (excluding diaryl/α,β-unsaturated/α-hetero) is 3. The average molecular weight is 1130 g/mol. The zero-order valence-electron chi connectivity index (χ0n) is 45.0. The molecule has 3 N–H and O–H groups in total. The number of ketones is 3. The number of para-hydroxylation sites is 1. The second-order valence-electron chi connectivity index (χ2n) is 20.7. The van der Waals surface area contributed by atoms with Crippen LogP contribution in [0.15, 0.2) is 114 Å². The van der Waals surface area contributed by atoms with E-state index in [1.807, 2.05) is 72.5 Å². The molecule has 0 saturated heterocycles. The van der Waals surface area contributed by atoms with E-state index in [1.54, 1.807) is 19.9 Å². The molecule has 1 amide bonds. The molecule has 0 radical (unpaired) electrons. The Bertz CT molecular complexity index is 3040. The van der Waals surface area contributed by atoms with Crippen LogP contribution in [0.5, 0.6) is 0 Å². The van der Waals surface area contributed by atoms with Crippen LogP contribution in [0.1, 0.15) is 135 Å². The van der Waals surface area contributed by atoms with Gasteiger partial charge in [-0.1, -0.05) is 100 Å². The van der Waals surface area contributed by atoms with Crippen LogP contribution in [-0.2, 0) is 67.3 Å². The number of carbonyl (C=O) groups is 4. The molecule has 20 heteroatoms. The molecule has 77 heavy (non-hydrogen) atoms. The maximum atomic E-state index is 13.5. The number of amides is 1. The second kappa shape index (κ2) is 29.3. The molecule has 2 aliphatic rings. The van der Waals surface area contributed by atoms with E-state index in [1.165, 1.54) is 29.1 Å². The first-order valence-electron chi connectivity index (χ1n) is 26.1. The van der Waals surface area contributed by atoms with Crippen molar-refractivity contribution in [1.29, 1.82) is 0 Å². The van der Waals surface area contributed by atoms with Crippen molar-refractivity contribution in [2.75, 3.05) is 30.4 Å². The Labute approximate surface area is 455 Å². The van der Waals surface area contributed by atoms with Gasteiger partial charge in [-0.15, -0.1) is 12.6 Å². The molecular weight excluding hydrogens is 1050 g/mol. The van der Waals surface area contributed by atoms with Crippen LogP contribution in [0.2, 0.25) is 0 Å². The van der Waals surface area contributed by atoms with Gasteiger partial charge in [0.05, 0.1) is 22.1 Å². The highest BCUT2D eigenvalue weighted by atomic mass is 32.2. The molecule has 0 fully saturated rings. The normalized spacial score (nSPS) is 17.3. The van der Waals surface area contributed by atoms with Gasteiger partial charge >= 0.3 is 10.6 Å². The summed E-state index contributed by atoms with van der Waals surface area (Å²) in [6.45, 7) is 12.1. The molecule has 0 spiro atoms. The molecule has 3 aromatic rings. The summed E-state index contributed by atoms with van der Waals surface area (Å²) in [5.41, 5.74) is 5.49.